The van der Waals surface area contributed by atoms with Crippen molar-refractivity contribution in [1.82, 2.24) is 0 Å². The van der Waals surface area contributed by atoms with Crippen LogP contribution in [-0.4, -0.2) is 18.5 Å². The van der Waals surface area contributed by atoms with Gasteiger partial charge in [-0.2, -0.15) is 0 Å². The molecule has 24 heavy (non-hydrogen) atoms. The normalized spacial score (nSPS) is 10.6. The third kappa shape index (κ3) is 5.83. The maximum atomic E-state index is 11.8. The Hall–Kier alpha value is -2.11. The second kappa shape index (κ2) is 8.66. The number of amides is 1. The second-order valence-electron chi connectivity index (χ2n) is 5.00. The third-order valence-corrected chi connectivity index (χ3v) is 4.02. The molecular weight excluding hydrogens is 394 g/mol. The van der Waals surface area contributed by atoms with Crippen molar-refractivity contribution in [3.63, 3.8) is 0 Å². The highest BCUT2D eigenvalue weighted by Crippen LogP contribution is 2.19. The fourth-order valence-electron chi connectivity index (χ4n) is 1.79. The monoisotopic (exact) mass is 407 g/mol. The second-order valence-corrected chi connectivity index (χ2v) is 6.33. The van der Waals surface area contributed by atoms with E-state index in [1.807, 2.05) is 31.2 Å². The Bertz CT molecular complexity index is 772. The van der Waals surface area contributed by atoms with Gasteiger partial charge in [-0.3, -0.25) is 4.79 Å². The zero-order valence-corrected chi connectivity index (χ0v) is 15.2. The highest BCUT2D eigenvalue weighted by atomic mass is 79.9. The van der Waals surface area contributed by atoms with Crippen molar-refractivity contribution in [1.29, 1.82) is 0 Å². The largest absolute Gasteiger partial charge is 0.452 e. The Morgan fingerprint density at radius 2 is 1.92 bits per heavy atom. The van der Waals surface area contributed by atoms with Gasteiger partial charge in [0.25, 0.3) is 5.91 Å². The zero-order chi connectivity index (χ0) is 17.5. The van der Waals surface area contributed by atoms with Gasteiger partial charge in [0, 0.05) is 21.3 Å². The Morgan fingerprint density at radius 1 is 1.21 bits per heavy atom. The SMILES string of the molecule is Cc1ccc(NC(=O)COC(=O)/C=C/c2ccc(Br)cc2)cc1Cl. The van der Waals surface area contributed by atoms with Crippen molar-refractivity contribution in [2.24, 2.45) is 0 Å². The molecule has 0 bridgehead atoms. The van der Waals surface area contributed by atoms with Crippen LogP contribution in [0.25, 0.3) is 6.08 Å². The Morgan fingerprint density at radius 3 is 2.58 bits per heavy atom. The molecule has 0 aromatic heterocycles. The number of carbonyl (C=O) groups is 2. The molecule has 0 aliphatic heterocycles. The van der Waals surface area contributed by atoms with Crippen molar-refractivity contribution < 1.29 is 14.3 Å². The van der Waals surface area contributed by atoms with E-state index < -0.39 is 11.9 Å². The predicted octanol–water partition coefficient (Wildman–Crippen LogP) is 4.61. The third-order valence-electron chi connectivity index (χ3n) is 3.08. The van der Waals surface area contributed by atoms with E-state index in [9.17, 15) is 9.59 Å². The summed E-state index contributed by atoms with van der Waals surface area (Å²) in [6.45, 7) is 1.50. The van der Waals surface area contributed by atoms with Crippen LogP contribution < -0.4 is 5.32 Å². The summed E-state index contributed by atoms with van der Waals surface area (Å²) in [7, 11) is 0. The minimum atomic E-state index is -0.588. The predicted molar refractivity (Wildman–Crippen MR) is 99.0 cm³/mol. The van der Waals surface area contributed by atoms with Crippen LogP contribution >= 0.6 is 27.5 Å². The van der Waals surface area contributed by atoms with Crippen LogP contribution in [0.15, 0.2) is 53.0 Å². The van der Waals surface area contributed by atoms with E-state index in [1.54, 1.807) is 24.3 Å². The first kappa shape index (κ1) is 18.2. The van der Waals surface area contributed by atoms with Gasteiger partial charge in [0.1, 0.15) is 0 Å². The number of anilines is 1. The molecule has 0 radical (unpaired) electrons. The maximum Gasteiger partial charge on any atom is 0.331 e. The van der Waals surface area contributed by atoms with Crippen LogP contribution in [0.1, 0.15) is 11.1 Å². The van der Waals surface area contributed by atoms with Gasteiger partial charge in [-0.25, -0.2) is 4.79 Å². The van der Waals surface area contributed by atoms with E-state index in [2.05, 4.69) is 21.2 Å². The molecule has 1 amide bonds. The lowest BCUT2D eigenvalue weighted by atomic mass is 10.2. The number of halogens is 2. The number of rotatable bonds is 5. The van der Waals surface area contributed by atoms with Crippen LogP contribution in [0.3, 0.4) is 0 Å². The molecule has 0 aliphatic rings. The van der Waals surface area contributed by atoms with E-state index in [4.69, 9.17) is 16.3 Å². The van der Waals surface area contributed by atoms with Gasteiger partial charge in [-0.15, -0.1) is 0 Å². The molecule has 2 aromatic rings. The molecule has 2 aromatic carbocycles. The van der Waals surface area contributed by atoms with Gasteiger partial charge in [0.05, 0.1) is 0 Å². The molecule has 2 rings (SSSR count). The lowest BCUT2D eigenvalue weighted by molar-refractivity contribution is -0.142. The van der Waals surface area contributed by atoms with Gasteiger partial charge in [-0.1, -0.05) is 45.7 Å². The summed E-state index contributed by atoms with van der Waals surface area (Å²) in [4.78, 5) is 23.4. The van der Waals surface area contributed by atoms with E-state index in [1.165, 1.54) is 6.08 Å². The van der Waals surface area contributed by atoms with E-state index in [0.29, 0.717) is 10.7 Å². The van der Waals surface area contributed by atoms with E-state index in [0.717, 1.165) is 15.6 Å². The molecular formula is C18H15BrClNO3. The first-order valence-electron chi connectivity index (χ1n) is 7.10. The highest BCUT2D eigenvalue weighted by Gasteiger charge is 2.06. The number of hydrogen-bond acceptors (Lipinski definition) is 3. The summed E-state index contributed by atoms with van der Waals surface area (Å²) in [5.74, 6) is -1.02. The minimum Gasteiger partial charge on any atom is -0.452 e. The number of esters is 1. The number of carbonyl (C=O) groups excluding carboxylic acids is 2. The van der Waals surface area contributed by atoms with Crippen molar-refractivity contribution in [2.45, 2.75) is 6.92 Å². The zero-order valence-electron chi connectivity index (χ0n) is 12.9. The highest BCUT2D eigenvalue weighted by molar-refractivity contribution is 9.10. The standard InChI is InChI=1S/C18H15BrClNO3/c1-12-2-8-15(10-16(12)20)21-17(22)11-24-18(23)9-5-13-3-6-14(19)7-4-13/h2-10H,11H2,1H3,(H,21,22)/b9-5+. The number of nitrogens with one attached hydrogen (secondary N) is 1. The smallest absolute Gasteiger partial charge is 0.331 e. The molecule has 1 N–H and O–H groups in total. The number of benzene rings is 2. The van der Waals surface area contributed by atoms with Crippen LogP contribution in [0, 0.1) is 6.92 Å². The minimum absolute atomic E-state index is 0.366. The molecule has 4 nitrogen and oxygen atoms in total. The molecule has 0 spiro atoms. The van der Waals surface area contributed by atoms with E-state index >= 15 is 0 Å². The van der Waals surface area contributed by atoms with Crippen molar-refractivity contribution in [3.8, 4) is 0 Å². The molecule has 0 heterocycles. The lowest BCUT2D eigenvalue weighted by Crippen LogP contribution is -2.20. The van der Waals surface area contributed by atoms with Crippen LogP contribution in [0.2, 0.25) is 5.02 Å². The first-order valence-corrected chi connectivity index (χ1v) is 8.27. The van der Waals surface area contributed by atoms with Gasteiger partial charge < -0.3 is 10.1 Å². The molecule has 0 saturated carbocycles. The van der Waals surface area contributed by atoms with Crippen LogP contribution in [0.4, 0.5) is 5.69 Å². The molecule has 0 atom stereocenters. The van der Waals surface area contributed by atoms with Crippen LogP contribution in [0.5, 0.6) is 0 Å². The fourth-order valence-corrected chi connectivity index (χ4v) is 2.24. The Kier molecular flexibility index (Phi) is 6.58. The molecule has 0 unspecified atom stereocenters. The summed E-state index contributed by atoms with van der Waals surface area (Å²) in [6, 6.07) is 12.6. The van der Waals surface area contributed by atoms with Crippen LogP contribution in [-0.2, 0) is 14.3 Å². The number of ether oxygens (including phenoxy) is 1. The molecule has 6 heteroatoms. The van der Waals surface area contributed by atoms with E-state index in [-0.39, 0.29) is 6.61 Å². The number of hydrogen-bond donors (Lipinski definition) is 1. The van der Waals surface area contributed by atoms with Gasteiger partial charge in [-0.05, 0) is 48.4 Å². The first-order chi connectivity index (χ1) is 11.4. The Labute approximate surface area is 153 Å². The van der Waals surface area contributed by atoms with Crippen molar-refractivity contribution >= 4 is 51.2 Å². The summed E-state index contributed by atoms with van der Waals surface area (Å²) >= 11 is 9.32. The van der Waals surface area contributed by atoms with Crippen molar-refractivity contribution in [3.05, 3.63) is 69.2 Å². The topological polar surface area (TPSA) is 55.4 Å². The maximum absolute atomic E-state index is 11.8. The molecule has 0 aliphatic carbocycles. The summed E-state index contributed by atoms with van der Waals surface area (Å²) in [6.07, 6.45) is 2.89. The average molecular weight is 409 g/mol. The molecule has 0 fully saturated rings. The average Bonchev–Trinajstić information content (AvgIpc) is 2.56. The summed E-state index contributed by atoms with van der Waals surface area (Å²) in [5, 5.41) is 3.17. The van der Waals surface area contributed by atoms with Gasteiger partial charge in [0.15, 0.2) is 6.61 Å². The Balaban J connectivity index is 1.81. The quantitative estimate of drug-likeness (QED) is 0.581. The summed E-state index contributed by atoms with van der Waals surface area (Å²) in [5.41, 5.74) is 2.32. The number of aryl methyl sites for hydroxylation is 1. The fraction of sp³-hybridized carbons (Fsp3) is 0.111. The summed E-state index contributed by atoms with van der Waals surface area (Å²) < 4.78 is 5.85. The molecule has 0 saturated heterocycles. The van der Waals surface area contributed by atoms with Gasteiger partial charge in [0.2, 0.25) is 0 Å². The molecule has 124 valence electrons. The lowest BCUT2D eigenvalue weighted by Gasteiger charge is -2.07. The van der Waals surface area contributed by atoms with Crippen molar-refractivity contribution in [2.75, 3.05) is 11.9 Å². The van der Waals surface area contributed by atoms with Gasteiger partial charge >= 0.3 is 5.97 Å².